The van der Waals surface area contributed by atoms with Gasteiger partial charge in [0.2, 0.25) is 0 Å². The average molecular weight is 275 g/mol. The molecule has 0 atom stereocenters. The molecule has 0 saturated heterocycles. The number of rotatable bonds is 3. The minimum absolute atomic E-state index is 0.337. The summed E-state index contributed by atoms with van der Waals surface area (Å²) in [6, 6.07) is 5.10. The fraction of sp³-hybridized carbons (Fsp3) is 0.400. The highest BCUT2D eigenvalue weighted by Crippen LogP contribution is 2.37. The van der Waals surface area contributed by atoms with E-state index >= 15 is 0 Å². The minimum atomic E-state index is -0.368. The highest BCUT2D eigenvalue weighted by atomic mass is 19.1. The largest absolute Gasteiger partial charge is 0.496 e. The van der Waals surface area contributed by atoms with Crippen molar-refractivity contribution in [3.8, 4) is 17.0 Å². The molecule has 3 rings (SSSR count). The molecule has 0 amide bonds. The van der Waals surface area contributed by atoms with Gasteiger partial charge in [0.05, 0.1) is 24.4 Å². The molecule has 106 valence electrons. The minimum Gasteiger partial charge on any atom is -0.496 e. The van der Waals surface area contributed by atoms with Crippen LogP contribution in [-0.4, -0.2) is 16.9 Å². The van der Waals surface area contributed by atoms with Gasteiger partial charge < -0.3 is 10.5 Å². The Morgan fingerprint density at radius 2 is 2.10 bits per heavy atom. The van der Waals surface area contributed by atoms with Gasteiger partial charge >= 0.3 is 0 Å². The van der Waals surface area contributed by atoms with E-state index in [4.69, 9.17) is 10.5 Å². The molecular formula is C15H18FN3O. The molecule has 2 aromatic rings. The summed E-state index contributed by atoms with van der Waals surface area (Å²) in [5, 5.41) is 4.50. The van der Waals surface area contributed by atoms with Crippen LogP contribution >= 0.6 is 0 Å². The van der Waals surface area contributed by atoms with Crippen LogP contribution in [0.3, 0.4) is 0 Å². The SMILES string of the molecule is COc1cccc(F)c1-c1nn(C2CCCC2)cc1N. The van der Waals surface area contributed by atoms with E-state index in [0.717, 1.165) is 12.8 Å². The van der Waals surface area contributed by atoms with Crippen molar-refractivity contribution in [2.45, 2.75) is 31.7 Å². The molecule has 0 radical (unpaired) electrons. The third kappa shape index (κ3) is 2.13. The van der Waals surface area contributed by atoms with Crippen LogP contribution in [0.5, 0.6) is 5.75 Å². The van der Waals surface area contributed by atoms with Crippen LogP contribution in [0.25, 0.3) is 11.3 Å². The second kappa shape index (κ2) is 5.15. The Hall–Kier alpha value is -2.04. The van der Waals surface area contributed by atoms with Crippen LogP contribution in [0.2, 0.25) is 0 Å². The molecule has 2 N–H and O–H groups in total. The quantitative estimate of drug-likeness (QED) is 0.934. The van der Waals surface area contributed by atoms with E-state index in [-0.39, 0.29) is 5.82 Å². The molecular weight excluding hydrogens is 257 g/mol. The fourth-order valence-electron chi connectivity index (χ4n) is 2.86. The number of aromatic nitrogens is 2. The number of anilines is 1. The van der Waals surface area contributed by atoms with Crippen molar-refractivity contribution in [1.29, 1.82) is 0 Å². The van der Waals surface area contributed by atoms with Gasteiger partial charge in [-0.1, -0.05) is 18.9 Å². The molecule has 1 aliphatic carbocycles. The van der Waals surface area contributed by atoms with Crippen LogP contribution in [0.4, 0.5) is 10.1 Å². The first-order chi connectivity index (χ1) is 9.70. The number of hydrogen-bond acceptors (Lipinski definition) is 3. The number of nitrogens with zero attached hydrogens (tertiary/aromatic N) is 2. The lowest BCUT2D eigenvalue weighted by molar-refractivity contribution is 0.413. The number of nitrogen functional groups attached to an aromatic ring is 1. The Bertz CT molecular complexity index is 618. The summed E-state index contributed by atoms with van der Waals surface area (Å²) in [4.78, 5) is 0. The normalized spacial score (nSPS) is 15.7. The predicted octanol–water partition coefficient (Wildman–Crippen LogP) is 3.40. The lowest BCUT2D eigenvalue weighted by Gasteiger charge is -2.10. The van der Waals surface area contributed by atoms with Gasteiger partial charge in [0.15, 0.2) is 0 Å². The lowest BCUT2D eigenvalue weighted by Crippen LogP contribution is -2.05. The van der Waals surface area contributed by atoms with Crippen LogP contribution in [0.1, 0.15) is 31.7 Å². The Kier molecular flexibility index (Phi) is 3.34. The molecule has 1 heterocycles. The molecule has 0 unspecified atom stereocenters. The standard InChI is InChI=1S/C15H18FN3O/c1-20-13-8-4-7-11(16)14(13)15-12(17)9-19(18-15)10-5-2-3-6-10/h4,7-10H,2-3,5-6,17H2,1H3. The van der Waals surface area contributed by atoms with Crippen molar-refractivity contribution in [2.75, 3.05) is 12.8 Å². The van der Waals surface area contributed by atoms with Crippen LogP contribution in [0.15, 0.2) is 24.4 Å². The molecule has 1 fully saturated rings. The number of halogens is 1. The summed E-state index contributed by atoms with van der Waals surface area (Å²) in [6.07, 6.45) is 6.44. The van der Waals surface area contributed by atoms with Gasteiger partial charge in [-0.25, -0.2) is 4.39 Å². The number of hydrogen-bond donors (Lipinski definition) is 1. The van der Waals surface area contributed by atoms with Crippen molar-refractivity contribution >= 4 is 5.69 Å². The Balaban J connectivity index is 2.06. The molecule has 1 aromatic carbocycles. The zero-order valence-electron chi connectivity index (χ0n) is 11.5. The third-order valence-corrected chi connectivity index (χ3v) is 3.89. The molecule has 1 aliphatic rings. The maximum absolute atomic E-state index is 14.1. The van der Waals surface area contributed by atoms with Crippen molar-refractivity contribution in [3.63, 3.8) is 0 Å². The number of methoxy groups -OCH3 is 1. The third-order valence-electron chi connectivity index (χ3n) is 3.89. The zero-order chi connectivity index (χ0) is 14.1. The van der Waals surface area contributed by atoms with Crippen molar-refractivity contribution in [1.82, 2.24) is 9.78 Å². The van der Waals surface area contributed by atoms with E-state index in [1.54, 1.807) is 18.3 Å². The summed E-state index contributed by atoms with van der Waals surface area (Å²) < 4.78 is 21.2. The highest BCUT2D eigenvalue weighted by Gasteiger charge is 2.22. The van der Waals surface area contributed by atoms with Crippen LogP contribution in [-0.2, 0) is 0 Å². The number of benzene rings is 1. The van der Waals surface area contributed by atoms with Gasteiger partial charge in [-0.2, -0.15) is 5.10 Å². The number of nitrogens with two attached hydrogens (primary N) is 1. The molecule has 0 spiro atoms. The first kappa shape index (κ1) is 13.0. The second-order valence-corrected chi connectivity index (χ2v) is 5.17. The van der Waals surface area contributed by atoms with Crippen LogP contribution in [0, 0.1) is 5.82 Å². The predicted molar refractivity (Wildman–Crippen MR) is 76.1 cm³/mol. The molecule has 1 aromatic heterocycles. The van der Waals surface area contributed by atoms with E-state index in [1.165, 1.54) is 26.0 Å². The molecule has 4 nitrogen and oxygen atoms in total. The highest BCUT2D eigenvalue weighted by molar-refractivity contribution is 5.77. The maximum atomic E-state index is 14.1. The van der Waals surface area contributed by atoms with E-state index < -0.39 is 0 Å². The van der Waals surface area contributed by atoms with Crippen molar-refractivity contribution in [2.24, 2.45) is 0 Å². The van der Waals surface area contributed by atoms with Gasteiger partial charge in [0.1, 0.15) is 17.3 Å². The zero-order valence-corrected chi connectivity index (χ0v) is 11.5. The monoisotopic (exact) mass is 275 g/mol. The molecule has 1 saturated carbocycles. The Morgan fingerprint density at radius 1 is 1.35 bits per heavy atom. The average Bonchev–Trinajstić information content (AvgIpc) is 3.08. The van der Waals surface area contributed by atoms with Gasteiger partial charge in [-0.15, -0.1) is 0 Å². The molecule has 5 heteroatoms. The van der Waals surface area contributed by atoms with E-state index in [2.05, 4.69) is 5.10 Å². The molecule has 20 heavy (non-hydrogen) atoms. The van der Waals surface area contributed by atoms with Gasteiger partial charge in [0, 0.05) is 6.20 Å². The van der Waals surface area contributed by atoms with Crippen LogP contribution < -0.4 is 10.5 Å². The second-order valence-electron chi connectivity index (χ2n) is 5.17. The van der Waals surface area contributed by atoms with E-state index in [1.807, 2.05) is 4.68 Å². The van der Waals surface area contributed by atoms with Gasteiger partial charge in [-0.3, -0.25) is 4.68 Å². The summed E-state index contributed by atoms with van der Waals surface area (Å²) in [5.41, 5.74) is 7.32. The Labute approximate surface area is 117 Å². The first-order valence-corrected chi connectivity index (χ1v) is 6.88. The summed E-state index contributed by atoms with van der Waals surface area (Å²) >= 11 is 0. The summed E-state index contributed by atoms with van der Waals surface area (Å²) in [6.45, 7) is 0. The molecule has 0 bridgehead atoms. The summed E-state index contributed by atoms with van der Waals surface area (Å²) in [5.74, 6) is 0.0843. The lowest BCUT2D eigenvalue weighted by atomic mass is 10.1. The van der Waals surface area contributed by atoms with E-state index in [0.29, 0.717) is 28.7 Å². The topological polar surface area (TPSA) is 53.1 Å². The number of ether oxygens (including phenoxy) is 1. The Morgan fingerprint density at radius 3 is 2.80 bits per heavy atom. The van der Waals surface area contributed by atoms with E-state index in [9.17, 15) is 4.39 Å². The van der Waals surface area contributed by atoms with Crippen molar-refractivity contribution < 1.29 is 9.13 Å². The fourth-order valence-corrected chi connectivity index (χ4v) is 2.86. The first-order valence-electron chi connectivity index (χ1n) is 6.88. The van der Waals surface area contributed by atoms with Gasteiger partial charge in [0.25, 0.3) is 0 Å². The van der Waals surface area contributed by atoms with Crippen molar-refractivity contribution in [3.05, 3.63) is 30.2 Å². The smallest absolute Gasteiger partial charge is 0.136 e. The molecule has 0 aliphatic heterocycles. The maximum Gasteiger partial charge on any atom is 0.136 e. The summed E-state index contributed by atoms with van der Waals surface area (Å²) in [7, 11) is 1.52. The van der Waals surface area contributed by atoms with Gasteiger partial charge in [-0.05, 0) is 25.0 Å².